The topological polar surface area (TPSA) is 88.5 Å². The summed E-state index contributed by atoms with van der Waals surface area (Å²) in [6.45, 7) is 8.68. The van der Waals surface area contributed by atoms with E-state index in [9.17, 15) is 4.79 Å². The van der Waals surface area contributed by atoms with Gasteiger partial charge in [-0.15, -0.1) is 5.10 Å². The summed E-state index contributed by atoms with van der Waals surface area (Å²) in [5, 5.41) is 10.4. The van der Waals surface area contributed by atoms with Crippen LogP contribution < -0.4 is 11.0 Å². The van der Waals surface area contributed by atoms with Gasteiger partial charge in [0, 0.05) is 24.3 Å². The average Bonchev–Trinajstić information content (AvgIpc) is 2.77. The van der Waals surface area contributed by atoms with Gasteiger partial charge in [0.2, 0.25) is 0 Å². The highest BCUT2D eigenvalue weighted by atomic mass is 32.2. The van der Waals surface area contributed by atoms with Gasteiger partial charge in [0.1, 0.15) is 11.6 Å². The number of aromatic amines is 1. The van der Waals surface area contributed by atoms with E-state index in [1.165, 1.54) is 11.8 Å². The molecule has 0 radical (unpaired) electrons. The van der Waals surface area contributed by atoms with E-state index in [2.05, 4.69) is 25.5 Å². The fourth-order valence-electron chi connectivity index (χ4n) is 1.94. The Kier molecular flexibility index (Phi) is 5.00. The van der Waals surface area contributed by atoms with Gasteiger partial charge in [0.25, 0.3) is 0 Å². The second kappa shape index (κ2) is 6.75. The minimum atomic E-state index is -0.189. The molecular weight excluding hydrogens is 288 g/mol. The van der Waals surface area contributed by atoms with Crippen molar-refractivity contribution in [1.82, 2.24) is 24.7 Å². The number of rotatable bonds is 6. The highest BCUT2D eigenvalue weighted by molar-refractivity contribution is 7.98. The van der Waals surface area contributed by atoms with Crippen LogP contribution in [0.1, 0.15) is 38.3 Å². The van der Waals surface area contributed by atoms with Crippen LogP contribution in [-0.4, -0.2) is 31.3 Å². The summed E-state index contributed by atoms with van der Waals surface area (Å²) in [6.07, 6.45) is 0. The minimum absolute atomic E-state index is 0.0643. The van der Waals surface area contributed by atoms with Crippen molar-refractivity contribution in [1.29, 1.82) is 0 Å². The van der Waals surface area contributed by atoms with Crippen molar-refractivity contribution in [3.05, 3.63) is 28.1 Å². The Morgan fingerprint density at radius 3 is 2.86 bits per heavy atom. The molecule has 0 aliphatic carbocycles. The molecule has 2 aromatic heterocycles. The Bertz CT molecular complexity index is 663. The van der Waals surface area contributed by atoms with Gasteiger partial charge in [0.05, 0.1) is 5.75 Å². The Balaban J connectivity index is 2.15. The molecule has 8 heteroatoms. The van der Waals surface area contributed by atoms with Crippen LogP contribution in [0.3, 0.4) is 0 Å². The molecule has 2 heterocycles. The molecule has 0 saturated heterocycles. The number of thioether (sulfide) groups is 1. The quantitative estimate of drug-likeness (QED) is 0.793. The van der Waals surface area contributed by atoms with Gasteiger partial charge < -0.3 is 5.32 Å². The normalized spacial score (nSPS) is 11.1. The first kappa shape index (κ1) is 15.6. The molecule has 0 aliphatic heterocycles. The number of hydrogen-bond donors (Lipinski definition) is 2. The fourth-order valence-corrected chi connectivity index (χ4v) is 2.87. The monoisotopic (exact) mass is 308 g/mol. The summed E-state index contributed by atoms with van der Waals surface area (Å²) < 4.78 is 1.63. The summed E-state index contributed by atoms with van der Waals surface area (Å²) >= 11 is 1.45. The molecule has 2 N–H and O–H groups in total. The highest BCUT2D eigenvalue weighted by Gasteiger charge is 2.13. The van der Waals surface area contributed by atoms with Crippen molar-refractivity contribution in [3.63, 3.8) is 0 Å². The van der Waals surface area contributed by atoms with Gasteiger partial charge in [0.15, 0.2) is 5.16 Å². The maximum atomic E-state index is 11.7. The molecule has 0 saturated carbocycles. The van der Waals surface area contributed by atoms with E-state index in [0.29, 0.717) is 10.9 Å². The lowest BCUT2D eigenvalue weighted by Gasteiger charge is -2.09. The molecule has 0 fully saturated rings. The van der Waals surface area contributed by atoms with E-state index < -0.39 is 0 Å². The molecule has 0 aliphatic rings. The van der Waals surface area contributed by atoms with Gasteiger partial charge in [-0.05, 0) is 27.7 Å². The van der Waals surface area contributed by atoms with E-state index in [4.69, 9.17) is 0 Å². The summed E-state index contributed by atoms with van der Waals surface area (Å²) in [4.78, 5) is 20.5. The van der Waals surface area contributed by atoms with Crippen molar-refractivity contribution in [2.24, 2.45) is 0 Å². The first-order chi connectivity index (χ1) is 10.0. The Morgan fingerprint density at radius 2 is 2.19 bits per heavy atom. The van der Waals surface area contributed by atoms with E-state index >= 15 is 0 Å². The second-order valence-electron chi connectivity index (χ2n) is 4.90. The maximum absolute atomic E-state index is 11.7. The molecule has 0 spiro atoms. The molecular formula is C13H20N6OS. The SMILES string of the molecule is CCNc1cc(C)nc(CSc2n[nH]c(=O)n2C(C)C)n1. The van der Waals surface area contributed by atoms with Crippen LogP contribution in [0.15, 0.2) is 16.0 Å². The van der Waals surface area contributed by atoms with Crippen molar-refractivity contribution in [2.75, 3.05) is 11.9 Å². The summed E-state index contributed by atoms with van der Waals surface area (Å²) in [5.41, 5.74) is 0.728. The Labute approximate surface area is 127 Å². The molecule has 0 aromatic carbocycles. The molecule has 0 atom stereocenters. The third kappa shape index (κ3) is 3.84. The van der Waals surface area contributed by atoms with Crippen LogP contribution in [0.4, 0.5) is 5.82 Å². The lowest BCUT2D eigenvalue weighted by Crippen LogP contribution is -2.19. The van der Waals surface area contributed by atoms with Gasteiger partial charge >= 0.3 is 5.69 Å². The Hall–Kier alpha value is -1.83. The zero-order valence-corrected chi connectivity index (χ0v) is 13.5. The second-order valence-corrected chi connectivity index (χ2v) is 5.85. The molecule has 114 valence electrons. The molecule has 21 heavy (non-hydrogen) atoms. The number of hydrogen-bond acceptors (Lipinski definition) is 6. The molecule has 0 unspecified atom stereocenters. The zero-order chi connectivity index (χ0) is 15.4. The number of H-pyrrole nitrogens is 1. The third-order valence-corrected chi connectivity index (χ3v) is 3.73. The maximum Gasteiger partial charge on any atom is 0.344 e. The van der Waals surface area contributed by atoms with Gasteiger partial charge in [-0.2, -0.15) is 0 Å². The van der Waals surface area contributed by atoms with Crippen LogP contribution >= 0.6 is 11.8 Å². The third-order valence-electron chi connectivity index (χ3n) is 2.78. The van der Waals surface area contributed by atoms with Gasteiger partial charge in [-0.1, -0.05) is 11.8 Å². The zero-order valence-electron chi connectivity index (χ0n) is 12.7. The summed E-state index contributed by atoms with van der Waals surface area (Å²) in [5.74, 6) is 2.11. The van der Waals surface area contributed by atoms with Crippen LogP contribution in [0.2, 0.25) is 0 Å². The first-order valence-corrected chi connectivity index (χ1v) is 7.88. The molecule has 2 aromatic rings. The molecule has 2 rings (SSSR count). The standard InChI is InChI=1S/C13H20N6OS/c1-5-14-10-6-9(4)15-11(16-10)7-21-13-18-17-12(20)19(13)8(2)3/h6,8H,5,7H2,1-4H3,(H,17,20)(H,14,15,16). The lowest BCUT2D eigenvalue weighted by atomic mass is 10.4. The van der Waals surface area contributed by atoms with E-state index in [0.717, 1.165) is 23.9 Å². The lowest BCUT2D eigenvalue weighted by molar-refractivity contribution is 0.534. The van der Waals surface area contributed by atoms with Crippen LogP contribution in [0.5, 0.6) is 0 Å². The number of aryl methyl sites for hydroxylation is 1. The number of aromatic nitrogens is 5. The summed E-state index contributed by atoms with van der Waals surface area (Å²) in [6, 6.07) is 1.98. The smallest absolute Gasteiger partial charge is 0.344 e. The van der Waals surface area contributed by atoms with Gasteiger partial charge in [-0.3, -0.25) is 4.57 Å². The molecule has 7 nitrogen and oxygen atoms in total. The largest absolute Gasteiger partial charge is 0.370 e. The predicted octanol–water partition coefficient (Wildman–Crippen LogP) is 1.97. The van der Waals surface area contributed by atoms with Crippen LogP contribution in [0.25, 0.3) is 0 Å². The molecule has 0 amide bonds. The van der Waals surface area contributed by atoms with Gasteiger partial charge in [-0.25, -0.2) is 19.9 Å². The van der Waals surface area contributed by atoms with E-state index in [-0.39, 0.29) is 11.7 Å². The average molecular weight is 308 g/mol. The first-order valence-electron chi connectivity index (χ1n) is 6.89. The Morgan fingerprint density at radius 1 is 1.43 bits per heavy atom. The van der Waals surface area contributed by atoms with Crippen molar-refractivity contribution in [3.8, 4) is 0 Å². The highest BCUT2D eigenvalue weighted by Crippen LogP contribution is 2.21. The van der Waals surface area contributed by atoms with Crippen molar-refractivity contribution >= 4 is 17.6 Å². The predicted molar refractivity (Wildman–Crippen MR) is 83.7 cm³/mol. The van der Waals surface area contributed by atoms with Crippen molar-refractivity contribution < 1.29 is 0 Å². The van der Waals surface area contributed by atoms with Crippen molar-refractivity contribution in [2.45, 2.75) is 44.6 Å². The van der Waals surface area contributed by atoms with E-state index in [1.54, 1.807) is 4.57 Å². The number of nitrogens with zero attached hydrogens (tertiary/aromatic N) is 4. The number of anilines is 1. The summed E-state index contributed by atoms with van der Waals surface area (Å²) in [7, 11) is 0. The number of nitrogens with one attached hydrogen (secondary N) is 2. The van der Waals surface area contributed by atoms with Crippen LogP contribution in [-0.2, 0) is 5.75 Å². The minimum Gasteiger partial charge on any atom is -0.370 e. The van der Waals surface area contributed by atoms with Crippen LogP contribution in [0, 0.1) is 6.92 Å². The fraction of sp³-hybridized carbons (Fsp3) is 0.538. The van der Waals surface area contributed by atoms with E-state index in [1.807, 2.05) is 33.8 Å². The molecule has 0 bridgehead atoms.